The molecule has 3 N–H and O–H groups in total. The van der Waals surface area contributed by atoms with E-state index in [2.05, 4.69) is 10.6 Å². The molecule has 1 aliphatic heterocycles. The Morgan fingerprint density at radius 2 is 2.16 bits per heavy atom. The van der Waals surface area contributed by atoms with Crippen LogP contribution in [-0.2, 0) is 11.2 Å². The van der Waals surface area contributed by atoms with Crippen molar-refractivity contribution in [1.29, 1.82) is 0 Å². The second kappa shape index (κ2) is 6.57. The Morgan fingerprint density at radius 1 is 1.37 bits per heavy atom. The smallest absolute Gasteiger partial charge is 0.224 e. The summed E-state index contributed by atoms with van der Waals surface area (Å²) < 4.78 is 0. The molecule has 1 saturated heterocycles. The molecule has 2 atom stereocenters. The van der Waals surface area contributed by atoms with E-state index in [4.69, 9.17) is 23.2 Å². The third kappa shape index (κ3) is 4.08. The maximum absolute atomic E-state index is 11.8. The Kier molecular flexibility index (Phi) is 5.05. The van der Waals surface area contributed by atoms with Gasteiger partial charge in [0, 0.05) is 25.6 Å². The highest BCUT2D eigenvalue weighted by Gasteiger charge is 2.24. The molecule has 0 radical (unpaired) electrons. The first-order valence-corrected chi connectivity index (χ1v) is 6.91. The lowest BCUT2D eigenvalue weighted by Crippen LogP contribution is -2.35. The third-order valence-electron chi connectivity index (χ3n) is 3.21. The minimum Gasteiger partial charge on any atom is -0.391 e. The zero-order valence-corrected chi connectivity index (χ0v) is 11.8. The lowest BCUT2D eigenvalue weighted by Gasteiger charge is -2.14. The van der Waals surface area contributed by atoms with Gasteiger partial charge in [-0.3, -0.25) is 4.79 Å². The molecule has 1 aromatic rings. The Hall–Kier alpha value is -0.810. The van der Waals surface area contributed by atoms with E-state index in [1.165, 1.54) is 0 Å². The van der Waals surface area contributed by atoms with Crippen molar-refractivity contribution in [2.45, 2.75) is 12.5 Å². The molecular formula is C13H16Cl2N2O2. The van der Waals surface area contributed by atoms with Crippen LogP contribution < -0.4 is 10.6 Å². The van der Waals surface area contributed by atoms with Crippen LogP contribution in [0.1, 0.15) is 5.56 Å². The molecule has 104 valence electrons. The van der Waals surface area contributed by atoms with E-state index in [0.29, 0.717) is 23.1 Å². The first-order chi connectivity index (χ1) is 9.06. The van der Waals surface area contributed by atoms with Gasteiger partial charge in [0.05, 0.1) is 22.6 Å². The predicted molar refractivity (Wildman–Crippen MR) is 75.5 cm³/mol. The summed E-state index contributed by atoms with van der Waals surface area (Å²) in [4.78, 5) is 11.8. The van der Waals surface area contributed by atoms with Gasteiger partial charge in [0.25, 0.3) is 0 Å². The summed E-state index contributed by atoms with van der Waals surface area (Å²) in [5, 5.41) is 16.4. The number of nitrogens with one attached hydrogen (secondary N) is 2. The van der Waals surface area contributed by atoms with Crippen LogP contribution in [0.3, 0.4) is 0 Å². The number of aliphatic hydroxyl groups is 1. The number of hydrogen-bond donors (Lipinski definition) is 3. The highest BCUT2D eigenvalue weighted by molar-refractivity contribution is 6.42. The van der Waals surface area contributed by atoms with E-state index in [9.17, 15) is 9.90 Å². The van der Waals surface area contributed by atoms with Crippen LogP contribution >= 0.6 is 23.2 Å². The van der Waals surface area contributed by atoms with Crippen molar-refractivity contribution >= 4 is 29.1 Å². The maximum atomic E-state index is 11.8. The number of carbonyl (C=O) groups excluding carboxylic acids is 1. The average Bonchev–Trinajstić information content (AvgIpc) is 2.77. The van der Waals surface area contributed by atoms with Gasteiger partial charge in [-0.15, -0.1) is 0 Å². The summed E-state index contributed by atoms with van der Waals surface area (Å²) in [6.45, 7) is 1.80. The summed E-state index contributed by atoms with van der Waals surface area (Å²) in [6.07, 6.45) is -0.127. The van der Waals surface area contributed by atoms with Crippen LogP contribution in [0.2, 0.25) is 10.0 Å². The standard InChI is InChI=1S/C13H16Cl2N2O2/c14-10-2-1-8(3-11(10)15)4-13(19)17-6-9-5-16-7-12(9)18/h1-3,9,12,16,18H,4-7H2,(H,17,19). The van der Waals surface area contributed by atoms with E-state index in [1.807, 2.05) is 0 Å². The fourth-order valence-corrected chi connectivity index (χ4v) is 2.39. The van der Waals surface area contributed by atoms with Crippen molar-refractivity contribution in [3.8, 4) is 0 Å². The fraction of sp³-hybridized carbons (Fsp3) is 0.462. The molecule has 1 amide bonds. The molecule has 0 saturated carbocycles. The normalized spacial score (nSPS) is 22.5. The number of benzene rings is 1. The van der Waals surface area contributed by atoms with Gasteiger partial charge in [-0.05, 0) is 17.7 Å². The molecule has 4 nitrogen and oxygen atoms in total. The number of β-amino-alcohol motifs (C(OH)–C–C–N with tert-alkyl or cyclic N) is 1. The van der Waals surface area contributed by atoms with Crippen LogP contribution in [0.4, 0.5) is 0 Å². The highest BCUT2D eigenvalue weighted by atomic mass is 35.5. The molecule has 19 heavy (non-hydrogen) atoms. The van der Waals surface area contributed by atoms with E-state index in [1.54, 1.807) is 18.2 Å². The Morgan fingerprint density at radius 3 is 2.79 bits per heavy atom. The molecule has 0 aromatic heterocycles. The zero-order chi connectivity index (χ0) is 13.8. The largest absolute Gasteiger partial charge is 0.391 e. The Labute approximate surface area is 122 Å². The molecule has 0 spiro atoms. The van der Waals surface area contributed by atoms with Gasteiger partial charge in [-0.2, -0.15) is 0 Å². The molecule has 0 aliphatic carbocycles. The molecule has 0 bridgehead atoms. The van der Waals surface area contributed by atoms with Crippen LogP contribution in [0, 0.1) is 5.92 Å². The number of halogens is 2. The van der Waals surface area contributed by atoms with Crippen molar-refractivity contribution < 1.29 is 9.90 Å². The molecule has 1 heterocycles. The van der Waals surface area contributed by atoms with Crippen LogP contribution in [-0.4, -0.2) is 36.8 Å². The summed E-state index contributed by atoms with van der Waals surface area (Å²) in [5.74, 6) is -0.00440. The third-order valence-corrected chi connectivity index (χ3v) is 3.95. The van der Waals surface area contributed by atoms with E-state index < -0.39 is 0 Å². The summed E-state index contributed by atoms with van der Waals surface area (Å²) in [6, 6.07) is 5.15. The monoisotopic (exact) mass is 302 g/mol. The van der Waals surface area contributed by atoms with Gasteiger partial charge in [0.2, 0.25) is 5.91 Å². The number of rotatable bonds is 4. The zero-order valence-electron chi connectivity index (χ0n) is 10.3. The second-order valence-corrected chi connectivity index (χ2v) is 5.53. The maximum Gasteiger partial charge on any atom is 0.224 e. The van der Waals surface area contributed by atoms with E-state index in [-0.39, 0.29) is 24.3 Å². The van der Waals surface area contributed by atoms with Gasteiger partial charge in [-0.25, -0.2) is 0 Å². The first kappa shape index (κ1) is 14.6. The fourth-order valence-electron chi connectivity index (χ4n) is 2.07. The summed E-state index contributed by atoms with van der Waals surface area (Å²) >= 11 is 11.7. The SMILES string of the molecule is O=C(Cc1ccc(Cl)c(Cl)c1)NCC1CNCC1O. The predicted octanol–water partition coefficient (Wildman–Crippen LogP) is 1.23. The molecule has 6 heteroatoms. The molecule has 1 fully saturated rings. The van der Waals surface area contributed by atoms with Gasteiger partial charge < -0.3 is 15.7 Å². The number of amides is 1. The number of aliphatic hydroxyl groups excluding tert-OH is 1. The van der Waals surface area contributed by atoms with Crippen LogP contribution in [0.5, 0.6) is 0 Å². The van der Waals surface area contributed by atoms with Gasteiger partial charge in [0.15, 0.2) is 0 Å². The number of hydrogen-bond acceptors (Lipinski definition) is 3. The minimum atomic E-state index is -0.384. The molecule has 1 aliphatic rings. The topological polar surface area (TPSA) is 61.4 Å². The van der Waals surface area contributed by atoms with Crippen molar-refractivity contribution in [1.82, 2.24) is 10.6 Å². The first-order valence-electron chi connectivity index (χ1n) is 6.15. The van der Waals surface area contributed by atoms with Crippen molar-refractivity contribution in [3.63, 3.8) is 0 Å². The Bertz CT molecular complexity index is 468. The molecule has 2 unspecified atom stereocenters. The van der Waals surface area contributed by atoms with Crippen LogP contribution in [0.15, 0.2) is 18.2 Å². The van der Waals surface area contributed by atoms with Gasteiger partial charge in [0.1, 0.15) is 0 Å². The summed E-state index contributed by atoms with van der Waals surface area (Å²) in [7, 11) is 0. The van der Waals surface area contributed by atoms with Gasteiger partial charge >= 0.3 is 0 Å². The van der Waals surface area contributed by atoms with Crippen molar-refractivity contribution in [2.24, 2.45) is 5.92 Å². The Balaban J connectivity index is 1.82. The molecule has 1 aromatic carbocycles. The number of carbonyl (C=O) groups is 1. The van der Waals surface area contributed by atoms with Crippen molar-refractivity contribution in [3.05, 3.63) is 33.8 Å². The lowest BCUT2D eigenvalue weighted by molar-refractivity contribution is -0.120. The average molecular weight is 303 g/mol. The second-order valence-electron chi connectivity index (χ2n) is 4.71. The van der Waals surface area contributed by atoms with Gasteiger partial charge in [-0.1, -0.05) is 29.3 Å². The minimum absolute atomic E-state index is 0.0813. The lowest BCUT2D eigenvalue weighted by atomic mass is 10.1. The van der Waals surface area contributed by atoms with Crippen LogP contribution in [0.25, 0.3) is 0 Å². The molecular weight excluding hydrogens is 287 g/mol. The van der Waals surface area contributed by atoms with E-state index >= 15 is 0 Å². The highest BCUT2D eigenvalue weighted by Crippen LogP contribution is 2.22. The van der Waals surface area contributed by atoms with E-state index in [0.717, 1.165) is 12.1 Å². The molecule has 2 rings (SSSR count). The van der Waals surface area contributed by atoms with Crippen molar-refractivity contribution in [2.75, 3.05) is 19.6 Å². The quantitative estimate of drug-likeness (QED) is 0.784. The summed E-state index contributed by atoms with van der Waals surface area (Å²) in [5.41, 5.74) is 0.817.